The second-order valence-electron chi connectivity index (χ2n) is 6.88. The molecule has 1 heterocycles. The van der Waals surface area contributed by atoms with E-state index in [1.54, 1.807) is 17.0 Å². The molecule has 2 N–H and O–H groups in total. The first-order chi connectivity index (χ1) is 12.4. The fourth-order valence-corrected chi connectivity index (χ4v) is 3.07. The Morgan fingerprint density at radius 2 is 2.08 bits per heavy atom. The second kappa shape index (κ2) is 9.36. The summed E-state index contributed by atoms with van der Waals surface area (Å²) in [6.07, 6.45) is 4.17. The molecule has 2 rings (SSSR count). The molecule has 1 atom stereocenters. The van der Waals surface area contributed by atoms with Gasteiger partial charge in [-0.2, -0.15) is 0 Å². The largest absolute Gasteiger partial charge is 0.352 e. The highest BCUT2D eigenvalue weighted by atomic mass is 16.2. The quantitative estimate of drug-likeness (QED) is 0.749. The highest BCUT2D eigenvalue weighted by molar-refractivity contribution is 6.01. The molecule has 0 aliphatic carbocycles. The highest BCUT2D eigenvalue weighted by Crippen LogP contribution is 2.25. The van der Waals surface area contributed by atoms with Crippen LogP contribution in [0, 0.1) is 0 Å². The summed E-state index contributed by atoms with van der Waals surface area (Å²) in [5.41, 5.74) is 2.23. The van der Waals surface area contributed by atoms with Crippen LogP contribution < -0.4 is 10.6 Å². The van der Waals surface area contributed by atoms with Gasteiger partial charge < -0.3 is 15.5 Å². The van der Waals surface area contributed by atoms with E-state index in [2.05, 4.69) is 17.6 Å². The van der Waals surface area contributed by atoms with E-state index in [1.165, 1.54) is 0 Å². The summed E-state index contributed by atoms with van der Waals surface area (Å²) < 4.78 is 0. The molecule has 0 aromatic heterocycles. The zero-order chi connectivity index (χ0) is 19.1. The van der Waals surface area contributed by atoms with Crippen molar-refractivity contribution in [2.24, 2.45) is 0 Å². The van der Waals surface area contributed by atoms with Crippen LogP contribution in [0.2, 0.25) is 0 Å². The third-order valence-corrected chi connectivity index (χ3v) is 4.94. The number of anilines is 1. The minimum absolute atomic E-state index is 0.0142. The van der Waals surface area contributed by atoms with Gasteiger partial charge >= 0.3 is 0 Å². The Kier molecular flexibility index (Phi) is 7.18. The number of hydrogen-bond acceptors (Lipinski definition) is 3. The van der Waals surface area contributed by atoms with E-state index in [9.17, 15) is 14.4 Å². The van der Waals surface area contributed by atoms with Gasteiger partial charge in [-0.1, -0.05) is 19.4 Å². The molecule has 0 saturated heterocycles. The summed E-state index contributed by atoms with van der Waals surface area (Å²) in [6, 6.07) is 5.46. The molecule has 3 amide bonds. The van der Waals surface area contributed by atoms with Crippen LogP contribution in [0.5, 0.6) is 0 Å². The van der Waals surface area contributed by atoms with Crippen LogP contribution in [0.15, 0.2) is 18.2 Å². The average Bonchev–Trinajstić information content (AvgIpc) is 2.64. The van der Waals surface area contributed by atoms with Gasteiger partial charge in [0.1, 0.15) is 0 Å². The lowest BCUT2D eigenvalue weighted by molar-refractivity contribution is -0.131. The molecule has 1 aromatic carbocycles. The summed E-state index contributed by atoms with van der Waals surface area (Å²) in [6.45, 7) is 4.57. The van der Waals surface area contributed by atoms with Gasteiger partial charge in [-0.25, -0.2) is 0 Å². The van der Waals surface area contributed by atoms with Crippen molar-refractivity contribution in [2.45, 2.75) is 58.4 Å². The second-order valence-corrected chi connectivity index (χ2v) is 6.88. The first kappa shape index (κ1) is 19.9. The van der Waals surface area contributed by atoms with E-state index in [4.69, 9.17) is 0 Å². The number of unbranched alkanes of at least 4 members (excludes halogenated alkanes) is 1. The predicted molar refractivity (Wildman–Crippen MR) is 102 cm³/mol. The minimum atomic E-state index is -0.134. The first-order valence-corrected chi connectivity index (χ1v) is 9.39. The number of hydrogen-bond donors (Lipinski definition) is 2. The number of benzene rings is 1. The molecule has 6 heteroatoms. The number of carbonyl (C=O) groups excluding carboxylic acids is 3. The zero-order valence-electron chi connectivity index (χ0n) is 15.9. The fraction of sp³-hybridized carbons (Fsp3) is 0.550. The molecule has 0 saturated carbocycles. The van der Waals surface area contributed by atoms with E-state index in [0.29, 0.717) is 37.8 Å². The Hall–Kier alpha value is -2.37. The van der Waals surface area contributed by atoms with Crippen molar-refractivity contribution >= 4 is 23.4 Å². The third-order valence-electron chi connectivity index (χ3n) is 4.94. The molecular formula is C20H29N3O3. The van der Waals surface area contributed by atoms with Crippen LogP contribution >= 0.6 is 0 Å². The Labute approximate surface area is 155 Å². The van der Waals surface area contributed by atoms with Crippen molar-refractivity contribution in [3.05, 3.63) is 29.3 Å². The molecule has 1 aliphatic heterocycles. The third kappa shape index (κ3) is 5.07. The van der Waals surface area contributed by atoms with Crippen LogP contribution in [0.3, 0.4) is 0 Å². The van der Waals surface area contributed by atoms with E-state index in [1.807, 2.05) is 20.0 Å². The molecule has 6 nitrogen and oxygen atoms in total. The van der Waals surface area contributed by atoms with Gasteiger partial charge in [0, 0.05) is 43.7 Å². The first-order valence-electron chi connectivity index (χ1n) is 9.39. The molecule has 0 bridgehead atoms. The van der Waals surface area contributed by atoms with Crippen molar-refractivity contribution < 1.29 is 14.4 Å². The monoisotopic (exact) mass is 359 g/mol. The zero-order valence-corrected chi connectivity index (χ0v) is 15.9. The van der Waals surface area contributed by atoms with Gasteiger partial charge in [0.25, 0.3) is 5.91 Å². The van der Waals surface area contributed by atoms with Crippen molar-refractivity contribution in [2.75, 3.05) is 18.9 Å². The van der Waals surface area contributed by atoms with Crippen LogP contribution in [0.4, 0.5) is 5.69 Å². The number of nitrogens with one attached hydrogen (secondary N) is 2. The molecule has 0 fully saturated rings. The maximum atomic E-state index is 12.5. The lowest BCUT2D eigenvalue weighted by atomic mass is 9.97. The standard InChI is InChI=1S/C20H29N3O3/c1-4-5-9-19(25)23(3)14(2)12-13-21-20(26)16-7-6-8-17-15(16)10-11-18(24)22-17/h6-8,14H,4-5,9-13H2,1-3H3,(H,21,26)(H,22,24). The Bertz CT molecular complexity index is 672. The molecule has 1 aromatic rings. The maximum absolute atomic E-state index is 12.5. The van der Waals surface area contributed by atoms with Crippen LogP contribution in [-0.2, 0) is 16.0 Å². The lowest BCUT2D eigenvalue weighted by Gasteiger charge is -2.25. The van der Waals surface area contributed by atoms with E-state index in [-0.39, 0.29) is 23.8 Å². The van der Waals surface area contributed by atoms with Crippen molar-refractivity contribution in [3.8, 4) is 0 Å². The fourth-order valence-electron chi connectivity index (χ4n) is 3.07. The van der Waals surface area contributed by atoms with Crippen molar-refractivity contribution in [1.82, 2.24) is 10.2 Å². The number of amides is 3. The topological polar surface area (TPSA) is 78.5 Å². The highest BCUT2D eigenvalue weighted by Gasteiger charge is 2.21. The van der Waals surface area contributed by atoms with Crippen molar-refractivity contribution in [3.63, 3.8) is 0 Å². The molecule has 26 heavy (non-hydrogen) atoms. The van der Waals surface area contributed by atoms with Gasteiger partial charge in [0.05, 0.1) is 0 Å². The molecule has 1 unspecified atom stereocenters. The van der Waals surface area contributed by atoms with E-state index >= 15 is 0 Å². The molecule has 0 radical (unpaired) electrons. The van der Waals surface area contributed by atoms with Gasteiger partial charge in [-0.3, -0.25) is 14.4 Å². The normalized spacial score (nSPS) is 14.2. The molecular weight excluding hydrogens is 330 g/mol. The Morgan fingerprint density at radius 1 is 1.31 bits per heavy atom. The summed E-state index contributed by atoms with van der Waals surface area (Å²) in [7, 11) is 1.82. The van der Waals surface area contributed by atoms with Gasteiger partial charge in [-0.15, -0.1) is 0 Å². The molecule has 1 aliphatic rings. The number of fused-ring (bicyclic) bond motifs is 1. The molecule has 0 spiro atoms. The SMILES string of the molecule is CCCCC(=O)N(C)C(C)CCNC(=O)c1cccc2c1CCC(=O)N2. The smallest absolute Gasteiger partial charge is 0.251 e. The van der Waals surface area contributed by atoms with Crippen LogP contribution in [-0.4, -0.2) is 42.3 Å². The maximum Gasteiger partial charge on any atom is 0.251 e. The summed E-state index contributed by atoms with van der Waals surface area (Å²) in [5, 5.41) is 5.75. The number of carbonyl (C=O) groups is 3. The summed E-state index contributed by atoms with van der Waals surface area (Å²) in [4.78, 5) is 37.8. The lowest BCUT2D eigenvalue weighted by Crippen LogP contribution is -2.38. The van der Waals surface area contributed by atoms with Gasteiger partial charge in [0.15, 0.2) is 0 Å². The van der Waals surface area contributed by atoms with Crippen molar-refractivity contribution in [1.29, 1.82) is 0 Å². The minimum Gasteiger partial charge on any atom is -0.352 e. The van der Waals surface area contributed by atoms with E-state index in [0.717, 1.165) is 24.1 Å². The van der Waals surface area contributed by atoms with Crippen LogP contribution in [0.1, 0.15) is 61.9 Å². The van der Waals surface area contributed by atoms with E-state index < -0.39 is 0 Å². The predicted octanol–water partition coefficient (Wildman–Crippen LogP) is 2.73. The summed E-state index contributed by atoms with van der Waals surface area (Å²) >= 11 is 0. The Balaban J connectivity index is 1.87. The van der Waals surface area contributed by atoms with Gasteiger partial charge in [-0.05, 0) is 43.9 Å². The number of rotatable bonds is 8. The Morgan fingerprint density at radius 3 is 2.81 bits per heavy atom. The van der Waals surface area contributed by atoms with Gasteiger partial charge in [0.2, 0.25) is 11.8 Å². The average molecular weight is 359 g/mol. The summed E-state index contributed by atoms with van der Waals surface area (Å²) in [5.74, 6) is 0.00312. The molecule has 142 valence electrons. The van der Waals surface area contributed by atoms with Crippen LogP contribution in [0.25, 0.3) is 0 Å². The number of nitrogens with zero attached hydrogens (tertiary/aromatic N) is 1.